The monoisotopic (exact) mass is 542 g/mol. The summed E-state index contributed by atoms with van der Waals surface area (Å²) in [5.74, 6) is 0. The highest BCUT2D eigenvalue weighted by atomic mass is 35.5. The highest BCUT2D eigenvalue weighted by molar-refractivity contribution is 7.89. The Labute approximate surface area is 224 Å². The Balaban J connectivity index is 1.37. The summed E-state index contributed by atoms with van der Waals surface area (Å²) in [6.07, 6.45) is 4.70. The molecule has 0 aliphatic carbocycles. The molecule has 2 aliphatic heterocycles. The summed E-state index contributed by atoms with van der Waals surface area (Å²) >= 11 is 12.7. The lowest BCUT2D eigenvalue weighted by Gasteiger charge is -2.43. The van der Waals surface area contributed by atoms with E-state index in [1.807, 2.05) is 24.3 Å². The Morgan fingerprint density at radius 2 is 1.61 bits per heavy atom. The number of sulfonamides is 1. The van der Waals surface area contributed by atoms with Gasteiger partial charge in [-0.25, -0.2) is 8.42 Å². The standard InChI is InChI=1S/C29H32Cl2N2O2S/c30-27-13-12-25(20-28(27)31)29(15-6-17-32-19-14-23-8-4-5-9-24(23)21-32)16-7-18-33(22-29)36(34,35)26-10-2-1-3-11-26/h1-5,8-13,20H,6-7,14-19,21-22H2. The first-order chi connectivity index (χ1) is 17.4. The molecule has 0 radical (unpaired) electrons. The van der Waals surface area contributed by atoms with Crippen LogP contribution in [0.3, 0.4) is 0 Å². The molecule has 0 aromatic heterocycles. The molecule has 5 rings (SSSR count). The molecule has 1 saturated heterocycles. The van der Waals surface area contributed by atoms with Crippen LogP contribution in [-0.2, 0) is 28.4 Å². The van der Waals surface area contributed by atoms with Crippen molar-refractivity contribution in [1.29, 1.82) is 0 Å². The van der Waals surface area contributed by atoms with Crippen molar-refractivity contribution in [2.24, 2.45) is 0 Å². The minimum Gasteiger partial charge on any atom is -0.299 e. The molecule has 0 N–H and O–H groups in total. The lowest BCUT2D eigenvalue weighted by Crippen LogP contribution is -2.48. The van der Waals surface area contributed by atoms with Crippen molar-refractivity contribution in [2.75, 3.05) is 26.2 Å². The summed E-state index contributed by atoms with van der Waals surface area (Å²) in [5.41, 5.74) is 3.65. The Kier molecular flexibility index (Phi) is 7.75. The van der Waals surface area contributed by atoms with Gasteiger partial charge < -0.3 is 0 Å². The van der Waals surface area contributed by atoms with Crippen LogP contribution < -0.4 is 0 Å². The van der Waals surface area contributed by atoms with Crippen LogP contribution in [0.5, 0.6) is 0 Å². The molecule has 0 amide bonds. The summed E-state index contributed by atoms with van der Waals surface area (Å²) in [7, 11) is -3.57. The topological polar surface area (TPSA) is 40.6 Å². The predicted octanol–water partition coefficient (Wildman–Crippen LogP) is 6.55. The van der Waals surface area contributed by atoms with Crippen LogP contribution >= 0.6 is 23.2 Å². The third kappa shape index (κ3) is 5.36. The van der Waals surface area contributed by atoms with E-state index in [-0.39, 0.29) is 5.41 Å². The number of hydrogen-bond acceptors (Lipinski definition) is 3. The molecular formula is C29H32Cl2N2O2S. The van der Waals surface area contributed by atoms with Gasteiger partial charge in [0.25, 0.3) is 0 Å². The zero-order chi connectivity index (χ0) is 25.2. The first-order valence-electron chi connectivity index (χ1n) is 12.7. The normalized spacial score (nSPS) is 21.3. The summed E-state index contributed by atoms with van der Waals surface area (Å²) in [4.78, 5) is 2.87. The van der Waals surface area contributed by atoms with Crippen LogP contribution in [0.2, 0.25) is 10.0 Å². The number of rotatable bonds is 7. The zero-order valence-electron chi connectivity index (χ0n) is 20.4. The molecule has 3 aromatic carbocycles. The van der Waals surface area contributed by atoms with Crippen molar-refractivity contribution in [1.82, 2.24) is 9.21 Å². The SMILES string of the molecule is O=S(=O)(c1ccccc1)N1CCCC(CCCN2CCc3ccccc3C2)(c2ccc(Cl)c(Cl)c2)C1. The maximum atomic E-state index is 13.5. The number of halogens is 2. The van der Waals surface area contributed by atoms with E-state index in [0.29, 0.717) is 28.0 Å². The molecule has 3 aromatic rings. The molecule has 0 spiro atoms. The van der Waals surface area contributed by atoms with Gasteiger partial charge in [0, 0.05) is 31.6 Å². The first-order valence-corrected chi connectivity index (χ1v) is 14.9. The Morgan fingerprint density at radius 3 is 2.39 bits per heavy atom. The largest absolute Gasteiger partial charge is 0.299 e. The van der Waals surface area contributed by atoms with E-state index in [1.54, 1.807) is 28.6 Å². The average Bonchev–Trinajstić information content (AvgIpc) is 2.91. The van der Waals surface area contributed by atoms with Crippen molar-refractivity contribution < 1.29 is 8.42 Å². The molecule has 0 bridgehead atoms. The highest BCUT2D eigenvalue weighted by Gasteiger charge is 2.41. The van der Waals surface area contributed by atoms with Crippen LogP contribution in [0, 0.1) is 0 Å². The van der Waals surface area contributed by atoms with E-state index in [0.717, 1.165) is 57.3 Å². The van der Waals surface area contributed by atoms with Gasteiger partial charge >= 0.3 is 0 Å². The minimum absolute atomic E-state index is 0.304. The first kappa shape index (κ1) is 25.7. The maximum Gasteiger partial charge on any atom is 0.243 e. The maximum absolute atomic E-state index is 13.5. The van der Waals surface area contributed by atoms with Gasteiger partial charge in [-0.15, -0.1) is 0 Å². The molecule has 1 atom stereocenters. The van der Waals surface area contributed by atoms with Crippen molar-refractivity contribution >= 4 is 33.2 Å². The summed E-state index contributed by atoms with van der Waals surface area (Å²) in [6, 6.07) is 23.3. The van der Waals surface area contributed by atoms with Gasteiger partial charge in [-0.05, 0) is 79.6 Å². The van der Waals surface area contributed by atoms with Gasteiger partial charge in [-0.3, -0.25) is 4.90 Å². The molecule has 4 nitrogen and oxygen atoms in total. The lowest BCUT2D eigenvalue weighted by molar-refractivity contribution is 0.189. The van der Waals surface area contributed by atoms with Gasteiger partial charge in [-0.1, -0.05) is 71.7 Å². The van der Waals surface area contributed by atoms with Gasteiger partial charge in [-0.2, -0.15) is 4.31 Å². The summed E-state index contributed by atoms with van der Waals surface area (Å²) < 4.78 is 28.7. The zero-order valence-corrected chi connectivity index (χ0v) is 22.7. The minimum atomic E-state index is -3.57. The third-order valence-corrected chi connectivity index (χ3v) is 10.4. The van der Waals surface area contributed by atoms with Crippen LogP contribution in [0.25, 0.3) is 0 Å². The van der Waals surface area contributed by atoms with Crippen molar-refractivity contribution in [3.05, 3.63) is 99.5 Å². The van der Waals surface area contributed by atoms with Gasteiger partial charge in [0.15, 0.2) is 0 Å². The van der Waals surface area contributed by atoms with Crippen LogP contribution in [0.1, 0.15) is 42.4 Å². The second-order valence-electron chi connectivity index (χ2n) is 10.1. The van der Waals surface area contributed by atoms with E-state index < -0.39 is 10.0 Å². The average molecular weight is 544 g/mol. The number of piperidine rings is 1. The Morgan fingerprint density at radius 1 is 0.861 bits per heavy atom. The molecule has 7 heteroatoms. The van der Waals surface area contributed by atoms with Crippen LogP contribution in [0.4, 0.5) is 0 Å². The van der Waals surface area contributed by atoms with Gasteiger partial charge in [0.1, 0.15) is 0 Å². The molecule has 2 heterocycles. The highest BCUT2D eigenvalue weighted by Crippen LogP contribution is 2.42. The smallest absolute Gasteiger partial charge is 0.243 e. The molecule has 36 heavy (non-hydrogen) atoms. The quantitative estimate of drug-likeness (QED) is 0.339. The fourth-order valence-corrected chi connectivity index (χ4v) is 7.72. The van der Waals surface area contributed by atoms with Crippen LogP contribution in [0.15, 0.2) is 77.7 Å². The van der Waals surface area contributed by atoms with Gasteiger partial charge in [0.05, 0.1) is 14.9 Å². The van der Waals surface area contributed by atoms with E-state index >= 15 is 0 Å². The Bertz CT molecular complexity index is 1320. The number of benzene rings is 3. The molecule has 190 valence electrons. The molecular weight excluding hydrogens is 511 g/mol. The molecule has 1 fully saturated rings. The lowest BCUT2D eigenvalue weighted by atomic mass is 9.71. The van der Waals surface area contributed by atoms with E-state index in [2.05, 4.69) is 29.2 Å². The number of hydrogen-bond donors (Lipinski definition) is 0. The second-order valence-corrected chi connectivity index (χ2v) is 12.8. The number of fused-ring (bicyclic) bond motifs is 1. The van der Waals surface area contributed by atoms with E-state index in [9.17, 15) is 8.42 Å². The molecule has 2 aliphatic rings. The third-order valence-electron chi connectivity index (χ3n) is 7.79. The van der Waals surface area contributed by atoms with E-state index in [1.165, 1.54) is 11.1 Å². The van der Waals surface area contributed by atoms with Crippen LogP contribution in [-0.4, -0.2) is 43.8 Å². The van der Waals surface area contributed by atoms with E-state index in [4.69, 9.17) is 23.2 Å². The second kappa shape index (κ2) is 10.8. The molecule has 0 saturated carbocycles. The summed E-state index contributed by atoms with van der Waals surface area (Å²) in [5, 5.41) is 1.04. The number of nitrogens with zero attached hydrogens (tertiary/aromatic N) is 2. The van der Waals surface area contributed by atoms with Gasteiger partial charge in [0.2, 0.25) is 10.0 Å². The fraction of sp³-hybridized carbons (Fsp3) is 0.379. The van der Waals surface area contributed by atoms with Crippen molar-refractivity contribution in [2.45, 2.75) is 49.0 Å². The Hall–Kier alpha value is -1.89. The summed E-state index contributed by atoms with van der Waals surface area (Å²) in [6.45, 7) is 4.01. The van der Waals surface area contributed by atoms with Crippen molar-refractivity contribution in [3.63, 3.8) is 0 Å². The predicted molar refractivity (Wildman–Crippen MR) is 147 cm³/mol. The molecule has 1 unspecified atom stereocenters. The van der Waals surface area contributed by atoms with Crippen molar-refractivity contribution in [3.8, 4) is 0 Å². The fourth-order valence-electron chi connectivity index (χ4n) is 5.83.